The van der Waals surface area contributed by atoms with Crippen LogP contribution in [0.3, 0.4) is 0 Å². The molecule has 1 saturated heterocycles. The molecule has 0 unspecified atom stereocenters. The minimum atomic E-state index is -3.48. The molecule has 1 fully saturated rings. The Bertz CT molecular complexity index is 519. The quantitative estimate of drug-likeness (QED) is 0.813. The lowest BCUT2D eigenvalue weighted by Crippen LogP contribution is -2.28. The molecule has 1 heterocycles. The zero-order valence-corrected chi connectivity index (χ0v) is 10.5. The zero-order chi connectivity index (χ0) is 12.5. The van der Waals surface area contributed by atoms with Crippen molar-refractivity contribution in [2.45, 2.75) is 24.7 Å². The van der Waals surface area contributed by atoms with E-state index in [9.17, 15) is 13.2 Å². The largest absolute Gasteiger partial charge is 0.298 e. The Kier molecular flexibility index (Phi) is 3.31. The third-order valence-corrected chi connectivity index (χ3v) is 4.82. The fraction of sp³-hybridized carbons (Fsp3) is 0.417. The van der Waals surface area contributed by atoms with Gasteiger partial charge in [-0.15, -0.1) is 0 Å². The first-order chi connectivity index (χ1) is 8.04. The van der Waals surface area contributed by atoms with E-state index in [-0.39, 0.29) is 17.2 Å². The summed E-state index contributed by atoms with van der Waals surface area (Å²) in [4.78, 5) is 11.4. The number of aryl methyl sites for hydroxylation is 1. The highest BCUT2D eigenvalue weighted by atomic mass is 32.2. The molecule has 0 amide bonds. The summed E-state index contributed by atoms with van der Waals surface area (Å²) in [7, 11) is -3.48. The summed E-state index contributed by atoms with van der Waals surface area (Å²) in [6, 6.07) is 6.84. The van der Waals surface area contributed by atoms with E-state index in [1.54, 1.807) is 12.1 Å². The van der Waals surface area contributed by atoms with E-state index in [0.717, 1.165) is 12.0 Å². The second kappa shape index (κ2) is 4.58. The van der Waals surface area contributed by atoms with Gasteiger partial charge in [0.1, 0.15) is 5.78 Å². The second-order valence-corrected chi connectivity index (χ2v) is 6.06. The Hall–Kier alpha value is -1.20. The first kappa shape index (κ1) is 12.3. The molecule has 0 radical (unpaired) electrons. The highest BCUT2D eigenvalue weighted by Crippen LogP contribution is 2.19. The molecular formula is C12H15NO3S. The molecule has 1 aromatic rings. The van der Waals surface area contributed by atoms with Gasteiger partial charge in [-0.1, -0.05) is 19.1 Å². The Morgan fingerprint density at radius 1 is 1.24 bits per heavy atom. The smallest absolute Gasteiger partial charge is 0.243 e. The van der Waals surface area contributed by atoms with E-state index in [2.05, 4.69) is 0 Å². The van der Waals surface area contributed by atoms with Crippen molar-refractivity contribution < 1.29 is 13.2 Å². The van der Waals surface area contributed by atoms with Gasteiger partial charge in [-0.2, -0.15) is 4.31 Å². The summed E-state index contributed by atoms with van der Waals surface area (Å²) in [5.74, 6) is -0.0150. The van der Waals surface area contributed by atoms with E-state index in [0.29, 0.717) is 13.0 Å². The van der Waals surface area contributed by atoms with Crippen molar-refractivity contribution in [1.82, 2.24) is 4.31 Å². The standard InChI is InChI=1S/C12H15NO3S/c1-2-10-3-5-12(6-4-10)17(15,16)13-8-7-11(14)9-13/h3-6H,2,7-9H2,1H3. The summed E-state index contributed by atoms with van der Waals surface area (Å²) in [6.07, 6.45) is 1.20. The van der Waals surface area contributed by atoms with Gasteiger partial charge in [-0.05, 0) is 24.1 Å². The van der Waals surface area contributed by atoms with E-state index >= 15 is 0 Å². The topological polar surface area (TPSA) is 54.5 Å². The molecule has 4 nitrogen and oxygen atoms in total. The van der Waals surface area contributed by atoms with Crippen LogP contribution >= 0.6 is 0 Å². The first-order valence-electron chi connectivity index (χ1n) is 5.65. The fourth-order valence-corrected chi connectivity index (χ4v) is 3.28. The molecular weight excluding hydrogens is 238 g/mol. The van der Waals surface area contributed by atoms with Gasteiger partial charge in [-0.25, -0.2) is 8.42 Å². The van der Waals surface area contributed by atoms with Crippen molar-refractivity contribution in [3.05, 3.63) is 29.8 Å². The van der Waals surface area contributed by atoms with Crippen LogP contribution in [-0.2, 0) is 21.2 Å². The van der Waals surface area contributed by atoms with Crippen molar-refractivity contribution in [1.29, 1.82) is 0 Å². The Morgan fingerprint density at radius 2 is 1.88 bits per heavy atom. The number of benzene rings is 1. The lowest BCUT2D eigenvalue weighted by atomic mass is 10.2. The second-order valence-electron chi connectivity index (χ2n) is 4.12. The first-order valence-corrected chi connectivity index (χ1v) is 7.09. The molecule has 1 aliphatic rings. The highest BCUT2D eigenvalue weighted by Gasteiger charge is 2.31. The van der Waals surface area contributed by atoms with E-state index in [1.165, 1.54) is 4.31 Å². The van der Waals surface area contributed by atoms with Crippen LogP contribution in [0.1, 0.15) is 18.9 Å². The average molecular weight is 253 g/mol. The molecule has 92 valence electrons. The van der Waals surface area contributed by atoms with Crippen molar-refractivity contribution in [2.75, 3.05) is 13.1 Å². The molecule has 1 aliphatic heterocycles. The Labute approximate surface area is 101 Å². The van der Waals surface area contributed by atoms with Crippen LogP contribution in [-0.4, -0.2) is 31.6 Å². The number of hydrogen-bond donors (Lipinski definition) is 0. The normalized spacial score (nSPS) is 17.6. The number of rotatable bonds is 3. The van der Waals surface area contributed by atoms with Gasteiger partial charge in [0.2, 0.25) is 10.0 Å². The van der Waals surface area contributed by atoms with Crippen LogP contribution in [0.15, 0.2) is 29.2 Å². The van der Waals surface area contributed by atoms with Gasteiger partial charge in [0.05, 0.1) is 11.4 Å². The van der Waals surface area contributed by atoms with Crippen molar-refractivity contribution >= 4 is 15.8 Å². The summed E-state index contributed by atoms with van der Waals surface area (Å²) >= 11 is 0. The summed E-state index contributed by atoms with van der Waals surface area (Å²) in [6.45, 7) is 2.33. The lowest BCUT2D eigenvalue weighted by molar-refractivity contribution is -0.116. The molecule has 17 heavy (non-hydrogen) atoms. The molecule has 0 spiro atoms. The van der Waals surface area contributed by atoms with Gasteiger partial charge in [0, 0.05) is 13.0 Å². The number of Topliss-reactive ketones (excluding diaryl/α,β-unsaturated/α-hetero) is 1. The van der Waals surface area contributed by atoms with Crippen molar-refractivity contribution in [3.8, 4) is 0 Å². The van der Waals surface area contributed by atoms with Crippen LogP contribution in [0.25, 0.3) is 0 Å². The predicted octanol–water partition coefficient (Wildman–Crippen LogP) is 1.21. The monoisotopic (exact) mass is 253 g/mol. The maximum absolute atomic E-state index is 12.2. The average Bonchev–Trinajstić information content (AvgIpc) is 2.77. The number of carbonyl (C=O) groups is 1. The third kappa shape index (κ3) is 2.40. The van der Waals surface area contributed by atoms with Gasteiger partial charge in [-0.3, -0.25) is 4.79 Å². The zero-order valence-electron chi connectivity index (χ0n) is 9.72. The summed E-state index contributed by atoms with van der Waals surface area (Å²) in [5, 5.41) is 0. The van der Waals surface area contributed by atoms with Crippen LogP contribution in [0.4, 0.5) is 0 Å². The maximum atomic E-state index is 12.2. The Morgan fingerprint density at radius 3 is 2.35 bits per heavy atom. The SMILES string of the molecule is CCc1ccc(S(=O)(=O)N2CCC(=O)C2)cc1. The van der Waals surface area contributed by atoms with Gasteiger partial charge >= 0.3 is 0 Å². The van der Waals surface area contributed by atoms with E-state index in [4.69, 9.17) is 0 Å². The summed E-state index contributed by atoms with van der Waals surface area (Å²) < 4.78 is 25.6. The molecule has 0 bridgehead atoms. The number of sulfonamides is 1. The number of ketones is 1. The molecule has 0 saturated carbocycles. The predicted molar refractivity (Wildman–Crippen MR) is 64.2 cm³/mol. The molecule has 0 aliphatic carbocycles. The van der Waals surface area contributed by atoms with Crippen LogP contribution in [0, 0.1) is 0 Å². The number of hydrogen-bond acceptors (Lipinski definition) is 3. The molecule has 5 heteroatoms. The van der Waals surface area contributed by atoms with Crippen LogP contribution in [0.2, 0.25) is 0 Å². The van der Waals surface area contributed by atoms with Crippen molar-refractivity contribution in [3.63, 3.8) is 0 Å². The van der Waals surface area contributed by atoms with E-state index < -0.39 is 10.0 Å². The van der Waals surface area contributed by atoms with Gasteiger partial charge in [0.25, 0.3) is 0 Å². The van der Waals surface area contributed by atoms with Gasteiger partial charge < -0.3 is 0 Å². The molecule has 2 rings (SSSR count). The van der Waals surface area contributed by atoms with Crippen molar-refractivity contribution in [2.24, 2.45) is 0 Å². The maximum Gasteiger partial charge on any atom is 0.243 e. The summed E-state index contributed by atoms with van der Waals surface area (Å²) in [5.41, 5.74) is 1.10. The number of nitrogens with zero attached hydrogens (tertiary/aromatic N) is 1. The Balaban J connectivity index is 2.28. The van der Waals surface area contributed by atoms with Gasteiger partial charge in [0.15, 0.2) is 0 Å². The minimum absolute atomic E-state index is 0.0118. The number of carbonyl (C=O) groups excluding carboxylic acids is 1. The molecule has 0 N–H and O–H groups in total. The highest BCUT2D eigenvalue weighted by molar-refractivity contribution is 7.89. The third-order valence-electron chi connectivity index (χ3n) is 2.96. The molecule has 0 aromatic heterocycles. The minimum Gasteiger partial charge on any atom is -0.298 e. The van der Waals surface area contributed by atoms with E-state index in [1.807, 2.05) is 19.1 Å². The van der Waals surface area contributed by atoms with Crippen LogP contribution in [0.5, 0.6) is 0 Å². The molecule has 0 atom stereocenters. The van der Waals surface area contributed by atoms with Crippen LogP contribution < -0.4 is 0 Å². The lowest BCUT2D eigenvalue weighted by Gasteiger charge is -2.14. The molecule has 1 aromatic carbocycles. The fourth-order valence-electron chi connectivity index (χ4n) is 1.86.